The van der Waals surface area contributed by atoms with Crippen molar-refractivity contribution < 1.29 is 19.2 Å². The lowest BCUT2D eigenvalue weighted by Gasteiger charge is -2.23. The molecule has 2 aromatic heterocycles. The van der Waals surface area contributed by atoms with Crippen LogP contribution < -0.4 is 9.47 Å². The molecule has 30 heavy (non-hydrogen) atoms. The fourth-order valence-electron chi connectivity index (χ4n) is 3.03. The van der Waals surface area contributed by atoms with Crippen molar-refractivity contribution in [3.63, 3.8) is 0 Å². The van der Waals surface area contributed by atoms with E-state index in [9.17, 15) is 14.9 Å². The molecule has 0 fully saturated rings. The largest absolute Gasteiger partial charge is 0.493 e. The van der Waals surface area contributed by atoms with Crippen molar-refractivity contribution in [2.75, 3.05) is 20.8 Å². The zero-order chi connectivity index (χ0) is 21.5. The van der Waals surface area contributed by atoms with Crippen molar-refractivity contribution in [2.45, 2.75) is 13.0 Å². The van der Waals surface area contributed by atoms with Crippen LogP contribution in [0.3, 0.4) is 0 Å². The zero-order valence-corrected chi connectivity index (χ0v) is 17.4. The maximum atomic E-state index is 13.4. The Bertz CT molecular complexity index is 1010. The molecule has 3 aromatic rings. The predicted octanol–water partition coefficient (Wildman–Crippen LogP) is 3.95. The number of hydrogen-bond donors (Lipinski definition) is 0. The number of nitro groups is 1. The molecule has 0 aliphatic heterocycles. The van der Waals surface area contributed by atoms with Gasteiger partial charge in [0.25, 0.3) is 11.6 Å². The summed E-state index contributed by atoms with van der Waals surface area (Å²) in [5.41, 5.74) is 0.456. The number of nitro benzene ring substituents is 1. The topological polar surface area (TPSA) is 94.8 Å². The van der Waals surface area contributed by atoms with Crippen LogP contribution in [0.5, 0.6) is 11.5 Å². The lowest BCUT2D eigenvalue weighted by Crippen LogP contribution is -2.33. The average molecular weight is 427 g/mol. The molecule has 0 saturated carbocycles. The third-order valence-electron chi connectivity index (χ3n) is 4.52. The Labute approximate surface area is 177 Å². The van der Waals surface area contributed by atoms with E-state index in [0.717, 1.165) is 10.4 Å². The molecule has 0 atom stereocenters. The summed E-state index contributed by atoms with van der Waals surface area (Å²) in [6, 6.07) is 10.2. The monoisotopic (exact) mass is 427 g/mol. The summed E-state index contributed by atoms with van der Waals surface area (Å²) < 4.78 is 10.4. The van der Waals surface area contributed by atoms with Crippen molar-refractivity contribution in [1.82, 2.24) is 9.88 Å². The quantitative estimate of drug-likeness (QED) is 0.379. The minimum Gasteiger partial charge on any atom is -0.493 e. The summed E-state index contributed by atoms with van der Waals surface area (Å²) in [5.74, 6) is -0.00718. The van der Waals surface area contributed by atoms with Crippen LogP contribution in [0.4, 0.5) is 5.69 Å². The highest BCUT2D eigenvalue weighted by Crippen LogP contribution is 2.35. The molecule has 0 bridgehead atoms. The molecule has 3 rings (SSSR count). The Kier molecular flexibility index (Phi) is 6.97. The van der Waals surface area contributed by atoms with Crippen molar-refractivity contribution in [2.24, 2.45) is 0 Å². The van der Waals surface area contributed by atoms with Gasteiger partial charge in [0.2, 0.25) is 0 Å². The first-order valence-electron chi connectivity index (χ1n) is 9.14. The number of nitrogens with zero attached hydrogens (tertiary/aromatic N) is 3. The highest BCUT2D eigenvalue weighted by molar-refractivity contribution is 7.09. The molecule has 0 unspecified atom stereocenters. The molecule has 8 nitrogen and oxygen atoms in total. The van der Waals surface area contributed by atoms with Gasteiger partial charge < -0.3 is 14.4 Å². The fourth-order valence-corrected chi connectivity index (χ4v) is 3.72. The molecular formula is C21H21N3O5S. The number of ether oxygens (including phenoxy) is 2. The first-order valence-corrected chi connectivity index (χ1v) is 10.0. The Hall–Kier alpha value is -3.46. The second kappa shape index (κ2) is 9.84. The summed E-state index contributed by atoms with van der Waals surface area (Å²) in [4.78, 5) is 31.3. The molecule has 2 heterocycles. The van der Waals surface area contributed by atoms with E-state index >= 15 is 0 Å². The average Bonchev–Trinajstić information content (AvgIpc) is 3.29. The minimum atomic E-state index is -0.587. The maximum absolute atomic E-state index is 13.4. The Balaban J connectivity index is 1.97. The van der Waals surface area contributed by atoms with Crippen LogP contribution in [0, 0.1) is 10.1 Å². The van der Waals surface area contributed by atoms with Gasteiger partial charge in [-0.15, -0.1) is 11.3 Å². The van der Waals surface area contributed by atoms with E-state index in [1.165, 1.54) is 26.4 Å². The Morgan fingerprint density at radius 3 is 2.57 bits per heavy atom. The molecular weight excluding hydrogens is 406 g/mol. The first-order chi connectivity index (χ1) is 14.5. The van der Waals surface area contributed by atoms with Gasteiger partial charge in [-0.1, -0.05) is 12.1 Å². The number of thiophene rings is 1. The van der Waals surface area contributed by atoms with Crippen LogP contribution in [0.1, 0.15) is 20.8 Å². The minimum absolute atomic E-state index is 0.0484. The van der Waals surface area contributed by atoms with E-state index in [1.54, 1.807) is 34.7 Å². The van der Waals surface area contributed by atoms with Crippen LogP contribution in [0.2, 0.25) is 0 Å². The lowest BCUT2D eigenvalue weighted by atomic mass is 10.1. The van der Waals surface area contributed by atoms with Gasteiger partial charge in [-0.2, -0.15) is 0 Å². The smallest absolute Gasteiger partial charge is 0.286 e. The van der Waals surface area contributed by atoms with E-state index in [-0.39, 0.29) is 29.3 Å². The second-order valence-corrected chi connectivity index (χ2v) is 7.43. The standard InChI is InChI=1S/C21H21N3O5S/c1-28-19-11-17(18(24(26)27)12-20(19)29-2)21(25)23(9-7-16-6-4-10-30-16)14-15-5-3-8-22-13-15/h3-6,8,10-13H,7,9,14H2,1-2H3. The van der Waals surface area contributed by atoms with E-state index in [1.807, 2.05) is 23.6 Å². The molecule has 9 heteroatoms. The molecule has 0 N–H and O–H groups in total. The number of hydrogen-bond acceptors (Lipinski definition) is 7. The fraction of sp³-hybridized carbons (Fsp3) is 0.238. The number of aromatic nitrogens is 1. The van der Waals surface area contributed by atoms with Crippen molar-refractivity contribution in [3.8, 4) is 11.5 Å². The molecule has 1 aromatic carbocycles. The molecule has 1 amide bonds. The number of rotatable bonds is 9. The predicted molar refractivity (Wildman–Crippen MR) is 113 cm³/mol. The van der Waals surface area contributed by atoms with Crippen LogP contribution in [-0.2, 0) is 13.0 Å². The van der Waals surface area contributed by atoms with E-state index in [4.69, 9.17) is 9.47 Å². The highest BCUT2D eigenvalue weighted by atomic mass is 32.1. The van der Waals surface area contributed by atoms with E-state index in [0.29, 0.717) is 13.0 Å². The number of pyridine rings is 1. The van der Waals surface area contributed by atoms with Crippen LogP contribution >= 0.6 is 11.3 Å². The molecule has 0 aliphatic carbocycles. The lowest BCUT2D eigenvalue weighted by molar-refractivity contribution is -0.385. The molecule has 0 aliphatic rings. The normalized spacial score (nSPS) is 10.5. The Morgan fingerprint density at radius 2 is 1.97 bits per heavy atom. The summed E-state index contributed by atoms with van der Waals surface area (Å²) in [6.45, 7) is 0.684. The number of benzene rings is 1. The summed E-state index contributed by atoms with van der Waals surface area (Å²) >= 11 is 1.60. The van der Waals surface area contributed by atoms with Gasteiger partial charge in [-0.3, -0.25) is 19.9 Å². The number of carbonyl (C=O) groups excluding carboxylic acids is 1. The second-order valence-electron chi connectivity index (χ2n) is 6.40. The molecule has 156 valence electrons. The Morgan fingerprint density at radius 1 is 1.20 bits per heavy atom. The SMILES string of the molecule is COc1cc(C(=O)N(CCc2cccs2)Cc2cccnc2)c([N+](=O)[O-])cc1OC. The van der Waals surface area contributed by atoms with Gasteiger partial charge >= 0.3 is 0 Å². The van der Waals surface area contributed by atoms with E-state index in [2.05, 4.69) is 4.98 Å². The number of carbonyl (C=O) groups is 1. The first kappa shape index (κ1) is 21.3. The molecule has 0 spiro atoms. The number of amides is 1. The summed E-state index contributed by atoms with van der Waals surface area (Å²) in [5, 5.41) is 13.6. The van der Waals surface area contributed by atoms with Crippen LogP contribution in [-0.4, -0.2) is 41.5 Å². The zero-order valence-electron chi connectivity index (χ0n) is 16.6. The van der Waals surface area contributed by atoms with Gasteiger partial charge in [0.05, 0.1) is 25.2 Å². The third-order valence-corrected chi connectivity index (χ3v) is 5.46. The van der Waals surface area contributed by atoms with Gasteiger partial charge in [0, 0.05) is 36.4 Å². The van der Waals surface area contributed by atoms with Crippen molar-refractivity contribution >= 4 is 22.9 Å². The molecule has 0 radical (unpaired) electrons. The van der Waals surface area contributed by atoms with E-state index < -0.39 is 10.8 Å². The van der Waals surface area contributed by atoms with Gasteiger partial charge in [-0.05, 0) is 29.5 Å². The highest BCUT2D eigenvalue weighted by Gasteiger charge is 2.28. The number of methoxy groups -OCH3 is 2. The van der Waals surface area contributed by atoms with Crippen LogP contribution in [0.25, 0.3) is 0 Å². The van der Waals surface area contributed by atoms with Crippen molar-refractivity contribution in [1.29, 1.82) is 0 Å². The summed E-state index contributed by atoms with van der Waals surface area (Å²) in [7, 11) is 2.81. The maximum Gasteiger partial charge on any atom is 0.286 e. The molecule has 0 saturated heterocycles. The summed E-state index contributed by atoms with van der Waals surface area (Å²) in [6.07, 6.45) is 3.97. The van der Waals surface area contributed by atoms with Crippen molar-refractivity contribution in [3.05, 3.63) is 80.3 Å². The van der Waals surface area contributed by atoms with Crippen LogP contribution in [0.15, 0.2) is 54.2 Å². The van der Waals surface area contributed by atoms with Gasteiger partial charge in [0.1, 0.15) is 5.56 Å². The van der Waals surface area contributed by atoms with Gasteiger partial charge in [-0.25, -0.2) is 0 Å². The third kappa shape index (κ3) is 4.93. The van der Waals surface area contributed by atoms with Gasteiger partial charge in [0.15, 0.2) is 11.5 Å².